The number of ether oxygens (including phenoxy) is 1. The molecule has 0 aliphatic carbocycles. The molecule has 27 heavy (non-hydrogen) atoms. The van der Waals surface area contributed by atoms with E-state index in [9.17, 15) is 4.79 Å². The predicted molar refractivity (Wildman–Crippen MR) is 109 cm³/mol. The standard InChI is InChI=1S/C21H27N3O2.ClH/c1-5-24(6-2)18-10-11-20(16(3)14-18)23-21(25)22-13-12-17-8-7-9-19(15-17)26-4;/h7-15H,5-6H2,1-4H3,(H2,22,23,25);1H/p-1/b13-12+;. The van der Waals surface area contributed by atoms with E-state index in [2.05, 4.69) is 35.4 Å². The van der Waals surface area contributed by atoms with Gasteiger partial charge in [0.25, 0.3) is 0 Å². The van der Waals surface area contributed by atoms with Crippen molar-refractivity contribution in [3.05, 3.63) is 59.8 Å². The van der Waals surface area contributed by atoms with Crippen molar-refractivity contribution >= 4 is 23.5 Å². The van der Waals surface area contributed by atoms with Crippen LogP contribution < -0.4 is 32.7 Å². The van der Waals surface area contributed by atoms with Crippen LogP contribution in [0.2, 0.25) is 0 Å². The lowest BCUT2D eigenvalue weighted by Crippen LogP contribution is -3.00. The van der Waals surface area contributed by atoms with Gasteiger partial charge >= 0.3 is 6.03 Å². The van der Waals surface area contributed by atoms with Crippen LogP contribution in [0.5, 0.6) is 5.75 Å². The Balaban J connectivity index is 0.00000364. The number of halogens is 1. The molecular weight excluding hydrogens is 362 g/mol. The minimum atomic E-state index is -0.275. The number of anilines is 2. The number of urea groups is 1. The van der Waals surface area contributed by atoms with E-state index < -0.39 is 0 Å². The summed E-state index contributed by atoms with van der Waals surface area (Å²) in [6, 6.07) is 13.4. The van der Waals surface area contributed by atoms with Gasteiger partial charge in [-0.15, -0.1) is 0 Å². The Kier molecular flexibility index (Phi) is 9.23. The van der Waals surface area contributed by atoms with Crippen molar-refractivity contribution in [3.8, 4) is 5.75 Å². The van der Waals surface area contributed by atoms with Gasteiger partial charge in [0.1, 0.15) is 5.75 Å². The Hall–Kier alpha value is -2.66. The lowest BCUT2D eigenvalue weighted by atomic mass is 10.1. The molecule has 6 heteroatoms. The average Bonchev–Trinajstić information content (AvgIpc) is 2.65. The molecule has 0 heterocycles. The van der Waals surface area contributed by atoms with Crippen LogP contribution in [-0.4, -0.2) is 26.2 Å². The number of methoxy groups -OCH3 is 1. The quantitative estimate of drug-likeness (QED) is 0.758. The van der Waals surface area contributed by atoms with E-state index in [-0.39, 0.29) is 18.4 Å². The Morgan fingerprint density at radius 2 is 1.89 bits per heavy atom. The van der Waals surface area contributed by atoms with Crippen molar-refractivity contribution in [2.24, 2.45) is 0 Å². The van der Waals surface area contributed by atoms with Gasteiger partial charge in [-0.05, 0) is 68.3 Å². The highest BCUT2D eigenvalue weighted by Crippen LogP contribution is 2.22. The number of aryl methyl sites for hydroxylation is 1. The highest BCUT2D eigenvalue weighted by molar-refractivity contribution is 5.91. The van der Waals surface area contributed by atoms with Crippen LogP contribution in [0, 0.1) is 6.92 Å². The summed E-state index contributed by atoms with van der Waals surface area (Å²) in [5.74, 6) is 0.778. The Bertz CT molecular complexity index is 774. The zero-order valence-corrected chi connectivity index (χ0v) is 17.0. The van der Waals surface area contributed by atoms with E-state index in [1.807, 2.05) is 49.4 Å². The second kappa shape index (κ2) is 11.1. The summed E-state index contributed by atoms with van der Waals surface area (Å²) in [6.07, 6.45) is 3.43. The fourth-order valence-corrected chi connectivity index (χ4v) is 2.69. The van der Waals surface area contributed by atoms with Gasteiger partial charge in [0, 0.05) is 30.7 Å². The average molecular weight is 389 g/mol. The lowest BCUT2D eigenvalue weighted by Gasteiger charge is -2.22. The third-order valence-electron chi connectivity index (χ3n) is 4.17. The zero-order valence-electron chi connectivity index (χ0n) is 16.3. The third-order valence-corrected chi connectivity index (χ3v) is 4.17. The summed E-state index contributed by atoms with van der Waals surface area (Å²) in [6.45, 7) is 8.17. The topological polar surface area (TPSA) is 53.6 Å². The number of carbonyl (C=O) groups excluding carboxylic acids is 1. The van der Waals surface area contributed by atoms with E-state index in [1.54, 1.807) is 13.3 Å². The van der Waals surface area contributed by atoms with Gasteiger partial charge in [-0.25, -0.2) is 4.79 Å². The first-order valence-corrected chi connectivity index (χ1v) is 8.81. The minimum Gasteiger partial charge on any atom is -1.00 e. The smallest absolute Gasteiger partial charge is 0.323 e. The van der Waals surface area contributed by atoms with Crippen LogP contribution in [-0.2, 0) is 0 Å². The normalized spacial score (nSPS) is 10.2. The number of nitrogens with zero attached hydrogens (tertiary/aromatic N) is 1. The number of benzene rings is 2. The summed E-state index contributed by atoms with van der Waals surface area (Å²) in [5.41, 5.74) is 3.94. The van der Waals surface area contributed by atoms with Crippen molar-refractivity contribution in [2.45, 2.75) is 20.8 Å². The molecule has 0 saturated carbocycles. The molecule has 2 amide bonds. The van der Waals surface area contributed by atoms with E-state index in [0.717, 1.165) is 41.3 Å². The molecule has 2 aromatic rings. The van der Waals surface area contributed by atoms with Gasteiger partial charge < -0.3 is 32.7 Å². The summed E-state index contributed by atoms with van der Waals surface area (Å²) in [4.78, 5) is 14.4. The molecule has 0 aliphatic rings. The van der Waals surface area contributed by atoms with E-state index in [1.165, 1.54) is 0 Å². The van der Waals surface area contributed by atoms with E-state index in [0.29, 0.717) is 0 Å². The molecule has 0 saturated heterocycles. The first-order chi connectivity index (χ1) is 12.6. The summed E-state index contributed by atoms with van der Waals surface area (Å²) in [5, 5.41) is 5.60. The SMILES string of the molecule is CCN(CC)c1ccc(NC(=O)N/C=C/c2cccc(OC)c2)c(C)c1.[Cl-]. The molecule has 0 bridgehead atoms. The number of carbonyl (C=O) groups is 1. The van der Waals surface area contributed by atoms with E-state index in [4.69, 9.17) is 4.74 Å². The van der Waals surface area contributed by atoms with Crippen LogP contribution in [0.15, 0.2) is 48.7 Å². The van der Waals surface area contributed by atoms with Gasteiger partial charge in [0.2, 0.25) is 0 Å². The highest BCUT2D eigenvalue weighted by Gasteiger charge is 2.07. The molecule has 0 radical (unpaired) electrons. The molecule has 146 valence electrons. The molecule has 0 fully saturated rings. The van der Waals surface area contributed by atoms with Gasteiger partial charge in [-0.3, -0.25) is 0 Å². The Morgan fingerprint density at radius 1 is 1.15 bits per heavy atom. The first kappa shape index (κ1) is 22.4. The molecular formula is C21H27ClN3O2-. The molecule has 0 atom stereocenters. The van der Waals surface area contributed by atoms with Gasteiger partial charge in [-0.1, -0.05) is 12.1 Å². The molecule has 0 spiro atoms. The maximum Gasteiger partial charge on any atom is 0.323 e. The minimum absolute atomic E-state index is 0. The first-order valence-electron chi connectivity index (χ1n) is 8.81. The van der Waals surface area contributed by atoms with E-state index >= 15 is 0 Å². The largest absolute Gasteiger partial charge is 1.00 e. The van der Waals surface area contributed by atoms with Crippen LogP contribution >= 0.6 is 0 Å². The molecule has 2 aromatic carbocycles. The van der Waals surface area contributed by atoms with Crippen molar-refractivity contribution in [2.75, 3.05) is 30.4 Å². The second-order valence-electron chi connectivity index (χ2n) is 5.88. The van der Waals surface area contributed by atoms with Crippen LogP contribution in [0.3, 0.4) is 0 Å². The third kappa shape index (κ3) is 6.53. The maximum atomic E-state index is 12.1. The number of amides is 2. The Morgan fingerprint density at radius 3 is 2.52 bits per heavy atom. The van der Waals surface area contributed by atoms with Crippen LogP contribution in [0.4, 0.5) is 16.2 Å². The number of rotatable bonds is 7. The lowest BCUT2D eigenvalue weighted by molar-refractivity contribution is -0.00000882. The zero-order chi connectivity index (χ0) is 18.9. The number of hydrogen-bond acceptors (Lipinski definition) is 3. The molecule has 2 rings (SSSR count). The Labute approximate surface area is 167 Å². The fourth-order valence-electron chi connectivity index (χ4n) is 2.69. The van der Waals surface area contributed by atoms with Gasteiger partial charge in [0.15, 0.2) is 0 Å². The fraction of sp³-hybridized carbons (Fsp3) is 0.286. The van der Waals surface area contributed by atoms with Gasteiger partial charge in [-0.2, -0.15) is 0 Å². The molecule has 0 aromatic heterocycles. The highest BCUT2D eigenvalue weighted by atomic mass is 35.5. The number of nitrogens with one attached hydrogen (secondary N) is 2. The second-order valence-corrected chi connectivity index (χ2v) is 5.88. The van der Waals surface area contributed by atoms with Gasteiger partial charge in [0.05, 0.1) is 7.11 Å². The van der Waals surface area contributed by atoms with Crippen molar-refractivity contribution < 1.29 is 21.9 Å². The predicted octanol–water partition coefficient (Wildman–Crippen LogP) is 1.65. The van der Waals surface area contributed by atoms with Crippen molar-refractivity contribution in [1.29, 1.82) is 0 Å². The molecule has 2 N–H and O–H groups in total. The van der Waals surface area contributed by atoms with Crippen molar-refractivity contribution in [3.63, 3.8) is 0 Å². The summed E-state index contributed by atoms with van der Waals surface area (Å²) < 4.78 is 5.18. The van der Waals surface area contributed by atoms with Crippen LogP contribution in [0.25, 0.3) is 6.08 Å². The van der Waals surface area contributed by atoms with Crippen LogP contribution in [0.1, 0.15) is 25.0 Å². The summed E-state index contributed by atoms with van der Waals surface area (Å²) >= 11 is 0. The molecule has 5 nitrogen and oxygen atoms in total. The molecule has 0 aliphatic heterocycles. The number of hydrogen-bond donors (Lipinski definition) is 2. The summed E-state index contributed by atoms with van der Waals surface area (Å²) in [7, 11) is 1.63. The monoisotopic (exact) mass is 388 g/mol. The van der Waals surface area contributed by atoms with Crippen molar-refractivity contribution in [1.82, 2.24) is 5.32 Å². The molecule has 0 unspecified atom stereocenters. The maximum absolute atomic E-state index is 12.1.